The highest BCUT2D eigenvalue weighted by atomic mass is 35.5. The molecule has 0 atom stereocenters. The molecule has 2 N–H and O–H groups in total. The first-order chi connectivity index (χ1) is 9.04. The first kappa shape index (κ1) is 13.1. The van der Waals surface area contributed by atoms with Crippen LogP contribution in [0.2, 0.25) is 5.28 Å². The number of hydrogen-bond acceptors (Lipinski definition) is 5. The Hall–Kier alpha value is -2.32. The van der Waals surface area contributed by atoms with Crippen LogP contribution in [0.1, 0.15) is 11.3 Å². The third-order valence-electron chi connectivity index (χ3n) is 2.79. The zero-order valence-corrected chi connectivity index (χ0v) is 11.3. The molecule has 0 bridgehead atoms. The van der Waals surface area contributed by atoms with Crippen LogP contribution in [0.4, 0.5) is 17.2 Å². The van der Waals surface area contributed by atoms with Crippen molar-refractivity contribution in [2.75, 3.05) is 17.7 Å². The van der Waals surface area contributed by atoms with E-state index in [4.69, 9.17) is 22.6 Å². The number of nitrogens with zero attached hydrogens (tertiary/aromatic N) is 4. The fourth-order valence-corrected chi connectivity index (χ4v) is 1.97. The lowest BCUT2D eigenvalue weighted by Gasteiger charge is -2.21. The lowest BCUT2D eigenvalue weighted by molar-refractivity contribution is 1.05. The van der Waals surface area contributed by atoms with E-state index in [0.29, 0.717) is 28.5 Å². The fourth-order valence-electron chi connectivity index (χ4n) is 1.76. The molecule has 0 radical (unpaired) electrons. The Bertz CT molecular complexity index is 663. The van der Waals surface area contributed by atoms with E-state index < -0.39 is 0 Å². The number of aryl methyl sites for hydroxylation is 1. The topological polar surface area (TPSA) is 78.8 Å². The second-order valence-electron chi connectivity index (χ2n) is 4.00. The molecule has 0 aliphatic carbocycles. The van der Waals surface area contributed by atoms with Gasteiger partial charge in [0.15, 0.2) is 5.82 Å². The summed E-state index contributed by atoms with van der Waals surface area (Å²) < 4.78 is 0. The van der Waals surface area contributed by atoms with E-state index in [9.17, 15) is 0 Å². The molecule has 0 unspecified atom stereocenters. The number of aromatic nitrogens is 2. The molecular weight excluding hydrogens is 262 g/mol. The summed E-state index contributed by atoms with van der Waals surface area (Å²) in [5.41, 5.74) is 8.28. The highest BCUT2D eigenvalue weighted by Crippen LogP contribution is 2.31. The monoisotopic (exact) mass is 273 g/mol. The number of hydrogen-bond donors (Lipinski definition) is 1. The molecule has 1 heterocycles. The predicted octanol–water partition coefficient (Wildman–Crippen LogP) is 2.66. The summed E-state index contributed by atoms with van der Waals surface area (Å²) in [7, 11) is 1.78. The van der Waals surface area contributed by atoms with Crippen molar-refractivity contribution in [1.29, 1.82) is 5.26 Å². The average molecular weight is 274 g/mol. The number of nitrogen functional groups attached to an aromatic ring is 1. The van der Waals surface area contributed by atoms with Gasteiger partial charge in [0.1, 0.15) is 6.07 Å². The SMILES string of the molecule is Cc1nc(Cl)nc(N(C)c2ccccc2C#N)c1N. The number of nitriles is 1. The molecule has 0 aliphatic heterocycles. The van der Waals surface area contributed by atoms with E-state index in [1.807, 2.05) is 12.1 Å². The van der Waals surface area contributed by atoms with E-state index in [1.165, 1.54) is 0 Å². The second-order valence-corrected chi connectivity index (χ2v) is 4.34. The van der Waals surface area contributed by atoms with Gasteiger partial charge < -0.3 is 10.6 Å². The quantitative estimate of drug-likeness (QED) is 0.851. The molecule has 2 aromatic rings. The van der Waals surface area contributed by atoms with Gasteiger partial charge in [-0.15, -0.1) is 0 Å². The Labute approximate surface area is 116 Å². The zero-order chi connectivity index (χ0) is 14.0. The summed E-state index contributed by atoms with van der Waals surface area (Å²) in [6.07, 6.45) is 0. The molecule has 96 valence electrons. The minimum Gasteiger partial charge on any atom is -0.394 e. The lowest BCUT2D eigenvalue weighted by Crippen LogP contribution is -2.16. The molecule has 19 heavy (non-hydrogen) atoms. The number of anilines is 3. The maximum Gasteiger partial charge on any atom is 0.224 e. The summed E-state index contributed by atoms with van der Waals surface area (Å²) >= 11 is 5.86. The standard InChI is InChI=1S/C13H12ClN5/c1-8-11(16)12(18-13(14)17-8)19(2)10-6-4-3-5-9(10)7-15/h3-6H,16H2,1-2H3. The van der Waals surface area contributed by atoms with Crippen molar-refractivity contribution in [3.05, 3.63) is 40.8 Å². The van der Waals surface area contributed by atoms with Gasteiger partial charge in [-0.1, -0.05) is 12.1 Å². The Morgan fingerprint density at radius 1 is 1.32 bits per heavy atom. The molecule has 0 aliphatic rings. The summed E-state index contributed by atoms with van der Waals surface area (Å²) in [5, 5.41) is 9.25. The molecule has 0 spiro atoms. The smallest absolute Gasteiger partial charge is 0.224 e. The van der Waals surface area contributed by atoms with Gasteiger partial charge in [0.05, 0.1) is 22.6 Å². The number of rotatable bonds is 2. The van der Waals surface area contributed by atoms with Crippen LogP contribution in [-0.4, -0.2) is 17.0 Å². The summed E-state index contributed by atoms with van der Waals surface area (Å²) in [6.45, 7) is 1.76. The van der Waals surface area contributed by atoms with Crippen molar-refractivity contribution in [2.45, 2.75) is 6.92 Å². The van der Waals surface area contributed by atoms with E-state index in [-0.39, 0.29) is 5.28 Å². The van der Waals surface area contributed by atoms with Gasteiger partial charge in [-0.2, -0.15) is 10.2 Å². The molecular formula is C13H12ClN5. The Morgan fingerprint density at radius 2 is 2.00 bits per heavy atom. The van der Waals surface area contributed by atoms with Crippen LogP contribution in [0.15, 0.2) is 24.3 Å². The maximum atomic E-state index is 9.13. The molecule has 1 aromatic carbocycles. The van der Waals surface area contributed by atoms with Crippen LogP contribution < -0.4 is 10.6 Å². The Morgan fingerprint density at radius 3 is 2.68 bits per heavy atom. The van der Waals surface area contributed by atoms with Gasteiger partial charge in [-0.05, 0) is 30.7 Å². The number of para-hydroxylation sites is 1. The van der Waals surface area contributed by atoms with Gasteiger partial charge in [0.2, 0.25) is 5.28 Å². The first-order valence-corrected chi connectivity index (χ1v) is 5.95. The third-order valence-corrected chi connectivity index (χ3v) is 2.96. The first-order valence-electron chi connectivity index (χ1n) is 5.57. The number of nitrogens with two attached hydrogens (primary N) is 1. The largest absolute Gasteiger partial charge is 0.394 e. The van der Waals surface area contributed by atoms with Crippen molar-refractivity contribution in [2.24, 2.45) is 0 Å². The average Bonchev–Trinajstić information content (AvgIpc) is 2.42. The molecule has 1 aromatic heterocycles. The third kappa shape index (κ3) is 2.44. The minimum absolute atomic E-state index is 0.128. The van der Waals surface area contributed by atoms with E-state index in [1.54, 1.807) is 31.0 Å². The van der Waals surface area contributed by atoms with E-state index in [2.05, 4.69) is 16.0 Å². The molecule has 0 fully saturated rings. The van der Waals surface area contributed by atoms with Crippen LogP contribution in [0.3, 0.4) is 0 Å². The van der Waals surface area contributed by atoms with Gasteiger partial charge in [-0.3, -0.25) is 0 Å². The summed E-state index contributed by atoms with van der Waals surface area (Å²) in [4.78, 5) is 9.85. The molecule has 0 amide bonds. The normalized spacial score (nSPS) is 10.0. The molecule has 6 heteroatoms. The van der Waals surface area contributed by atoms with Crippen molar-refractivity contribution >= 4 is 28.8 Å². The lowest BCUT2D eigenvalue weighted by atomic mass is 10.2. The number of benzene rings is 1. The second kappa shape index (κ2) is 5.12. The number of halogens is 1. The van der Waals surface area contributed by atoms with Crippen LogP contribution in [0.25, 0.3) is 0 Å². The summed E-state index contributed by atoms with van der Waals surface area (Å²) in [5.74, 6) is 0.486. The van der Waals surface area contributed by atoms with Crippen molar-refractivity contribution in [1.82, 2.24) is 9.97 Å². The van der Waals surface area contributed by atoms with Gasteiger partial charge >= 0.3 is 0 Å². The van der Waals surface area contributed by atoms with Crippen molar-refractivity contribution in [3.8, 4) is 6.07 Å². The zero-order valence-electron chi connectivity index (χ0n) is 10.6. The fraction of sp³-hybridized carbons (Fsp3) is 0.154. The van der Waals surface area contributed by atoms with E-state index >= 15 is 0 Å². The van der Waals surface area contributed by atoms with Crippen LogP contribution in [0, 0.1) is 18.3 Å². The Kier molecular flexibility index (Phi) is 3.54. The van der Waals surface area contributed by atoms with Crippen LogP contribution >= 0.6 is 11.6 Å². The van der Waals surface area contributed by atoms with Gasteiger partial charge in [0.25, 0.3) is 0 Å². The molecule has 5 nitrogen and oxygen atoms in total. The van der Waals surface area contributed by atoms with Crippen LogP contribution in [-0.2, 0) is 0 Å². The van der Waals surface area contributed by atoms with E-state index in [0.717, 1.165) is 0 Å². The van der Waals surface area contributed by atoms with Gasteiger partial charge in [0, 0.05) is 7.05 Å². The van der Waals surface area contributed by atoms with Crippen molar-refractivity contribution < 1.29 is 0 Å². The van der Waals surface area contributed by atoms with Crippen LogP contribution in [0.5, 0.6) is 0 Å². The predicted molar refractivity (Wildman–Crippen MR) is 75.4 cm³/mol. The van der Waals surface area contributed by atoms with Crippen molar-refractivity contribution in [3.63, 3.8) is 0 Å². The molecule has 0 saturated heterocycles. The molecule has 0 saturated carbocycles. The maximum absolute atomic E-state index is 9.13. The molecule has 2 rings (SSSR count). The van der Waals surface area contributed by atoms with Gasteiger partial charge in [-0.25, -0.2) is 4.98 Å². The highest BCUT2D eigenvalue weighted by Gasteiger charge is 2.15. The summed E-state index contributed by atoms with van der Waals surface area (Å²) in [6, 6.07) is 9.34. The Balaban J connectivity index is 2.57. The highest BCUT2D eigenvalue weighted by molar-refractivity contribution is 6.28. The minimum atomic E-state index is 0.128.